The summed E-state index contributed by atoms with van der Waals surface area (Å²) < 4.78 is 15.3. The minimum absolute atomic E-state index is 0.0115. The maximum Gasteiger partial charge on any atom is 0.259 e. The third kappa shape index (κ3) is 5.13. The molecule has 0 saturated heterocycles. The lowest BCUT2D eigenvalue weighted by molar-refractivity contribution is -0.255. The first-order valence-electron chi connectivity index (χ1n) is 8.16. The summed E-state index contributed by atoms with van der Waals surface area (Å²) in [7, 11) is 4.26. The highest BCUT2D eigenvalue weighted by Gasteiger charge is 2.15. The van der Waals surface area contributed by atoms with Gasteiger partial charge in [0.25, 0.3) is 5.91 Å². The van der Waals surface area contributed by atoms with Crippen LogP contribution in [-0.2, 0) is 4.79 Å². The van der Waals surface area contributed by atoms with Gasteiger partial charge in [0.1, 0.15) is 5.75 Å². The van der Waals surface area contributed by atoms with Gasteiger partial charge in [-0.3, -0.25) is 4.79 Å². The quantitative estimate of drug-likeness (QED) is 0.479. The molecule has 148 valence electrons. The molecule has 0 unspecified atom stereocenters. The molecule has 9 nitrogen and oxygen atoms in total. The Morgan fingerprint density at radius 3 is 2.54 bits per heavy atom. The van der Waals surface area contributed by atoms with E-state index in [0.29, 0.717) is 11.4 Å². The van der Waals surface area contributed by atoms with Crippen molar-refractivity contribution in [2.75, 3.05) is 33.2 Å². The number of anilines is 1. The molecule has 2 rings (SSSR count). The van der Waals surface area contributed by atoms with Crippen LogP contribution >= 0.6 is 0 Å². The number of methoxy groups -OCH3 is 3. The highest BCUT2D eigenvalue weighted by atomic mass is 16.5. The number of hydrogen-bond acceptors (Lipinski definition) is 8. The van der Waals surface area contributed by atoms with E-state index >= 15 is 0 Å². The smallest absolute Gasteiger partial charge is 0.259 e. The molecule has 2 aromatic rings. The summed E-state index contributed by atoms with van der Waals surface area (Å²) >= 11 is 0. The number of hydrogen-bond donors (Lipinski definition) is 2. The molecule has 28 heavy (non-hydrogen) atoms. The molecule has 0 aliphatic heterocycles. The molecule has 0 heterocycles. The van der Waals surface area contributed by atoms with Crippen molar-refractivity contribution in [2.45, 2.75) is 0 Å². The van der Waals surface area contributed by atoms with Gasteiger partial charge in [0.05, 0.1) is 45.6 Å². The van der Waals surface area contributed by atoms with E-state index < -0.39 is 11.9 Å². The molecule has 0 aliphatic carbocycles. The molecule has 9 heteroatoms. The van der Waals surface area contributed by atoms with Crippen LogP contribution in [0.2, 0.25) is 0 Å². The number of rotatable bonds is 9. The first-order valence-corrected chi connectivity index (χ1v) is 8.16. The number of aromatic carboxylic acids is 1. The fraction of sp³-hybridized carbons (Fsp3) is 0.211. The zero-order chi connectivity index (χ0) is 20.5. The fourth-order valence-electron chi connectivity index (χ4n) is 2.39. The zero-order valence-corrected chi connectivity index (χ0v) is 15.6. The topological polar surface area (TPSA) is 121 Å². The van der Waals surface area contributed by atoms with Crippen molar-refractivity contribution in [3.8, 4) is 17.2 Å². The fourth-order valence-corrected chi connectivity index (χ4v) is 2.39. The van der Waals surface area contributed by atoms with Gasteiger partial charge in [-0.25, -0.2) is 5.43 Å². The Balaban J connectivity index is 2.03. The summed E-state index contributed by atoms with van der Waals surface area (Å²) in [5.41, 5.74) is 2.99. The van der Waals surface area contributed by atoms with Gasteiger partial charge in [-0.1, -0.05) is 6.07 Å². The number of benzene rings is 2. The average molecular weight is 386 g/mol. The molecule has 0 saturated carbocycles. The molecule has 0 bridgehead atoms. The summed E-state index contributed by atoms with van der Waals surface area (Å²) in [5.74, 6) is -0.965. The Hall–Kier alpha value is -3.75. The van der Waals surface area contributed by atoms with Crippen LogP contribution in [0.25, 0.3) is 0 Å². The van der Waals surface area contributed by atoms with E-state index in [1.165, 1.54) is 32.6 Å². The predicted octanol–water partition coefficient (Wildman–Crippen LogP) is 0.638. The monoisotopic (exact) mass is 386 g/mol. The standard InChI is InChI=1S/C19H21N3O6/c1-26-14-6-4-5-13(9-14)20-11-16(23)22-21-10-12-7-8-15(27-2)18(28-3)17(12)19(24)25/h4-10,20H,11H2,1-3H3,(H,22,23)(H,24,25)/p-1/b21-10-. The molecule has 0 spiro atoms. The summed E-state index contributed by atoms with van der Waals surface area (Å²) in [6, 6.07) is 10.1. The lowest BCUT2D eigenvalue weighted by Crippen LogP contribution is -2.27. The Kier molecular flexibility index (Phi) is 7.21. The Morgan fingerprint density at radius 2 is 1.89 bits per heavy atom. The number of nitrogens with one attached hydrogen (secondary N) is 2. The van der Waals surface area contributed by atoms with Crippen LogP contribution in [0.3, 0.4) is 0 Å². The van der Waals surface area contributed by atoms with Gasteiger partial charge in [0, 0.05) is 17.3 Å². The minimum Gasteiger partial charge on any atom is -0.545 e. The molecular formula is C19H20N3O6-. The van der Waals surface area contributed by atoms with Crippen molar-refractivity contribution in [1.82, 2.24) is 5.43 Å². The molecule has 1 amide bonds. The highest BCUT2D eigenvalue weighted by molar-refractivity contribution is 6.01. The van der Waals surface area contributed by atoms with Gasteiger partial charge in [0.2, 0.25) is 0 Å². The normalized spacial score (nSPS) is 10.4. The second-order valence-electron chi connectivity index (χ2n) is 5.43. The van der Waals surface area contributed by atoms with Crippen molar-refractivity contribution in [1.29, 1.82) is 0 Å². The largest absolute Gasteiger partial charge is 0.545 e. The number of carbonyl (C=O) groups excluding carboxylic acids is 2. The van der Waals surface area contributed by atoms with E-state index in [2.05, 4.69) is 15.8 Å². The Labute approximate surface area is 161 Å². The number of amides is 1. The summed E-state index contributed by atoms with van der Waals surface area (Å²) in [5, 5.41) is 18.2. The lowest BCUT2D eigenvalue weighted by Gasteiger charge is -2.15. The Morgan fingerprint density at radius 1 is 1.11 bits per heavy atom. The van der Waals surface area contributed by atoms with Crippen LogP contribution < -0.4 is 30.1 Å². The summed E-state index contributed by atoms with van der Waals surface area (Å²) in [6.07, 6.45) is 1.19. The van der Waals surface area contributed by atoms with Gasteiger partial charge in [-0.15, -0.1) is 0 Å². The molecule has 0 aromatic heterocycles. The number of carboxylic acids is 1. The molecule has 0 aliphatic rings. The van der Waals surface area contributed by atoms with Crippen LogP contribution in [0.1, 0.15) is 15.9 Å². The highest BCUT2D eigenvalue weighted by Crippen LogP contribution is 2.32. The average Bonchev–Trinajstić information content (AvgIpc) is 2.71. The van der Waals surface area contributed by atoms with Gasteiger partial charge >= 0.3 is 0 Å². The van der Waals surface area contributed by atoms with E-state index in [-0.39, 0.29) is 29.2 Å². The van der Waals surface area contributed by atoms with Crippen molar-refractivity contribution < 1.29 is 28.9 Å². The zero-order valence-electron chi connectivity index (χ0n) is 15.6. The number of ether oxygens (including phenoxy) is 3. The van der Waals surface area contributed by atoms with Gasteiger partial charge < -0.3 is 29.4 Å². The first kappa shape index (κ1) is 20.6. The molecule has 0 fully saturated rings. The van der Waals surface area contributed by atoms with Crippen LogP contribution in [-0.4, -0.2) is 46.0 Å². The van der Waals surface area contributed by atoms with Crippen molar-refractivity contribution >= 4 is 23.8 Å². The van der Waals surface area contributed by atoms with Gasteiger partial charge in [0.15, 0.2) is 11.5 Å². The number of hydrazone groups is 1. The predicted molar refractivity (Wildman–Crippen MR) is 101 cm³/mol. The molecule has 0 atom stereocenters. The number of carboxylic acid groups (broad SMARTS) is 1. The molecular weight excluding hydrogens is 366 g/mol. The van der Waals surface area contributed by atoms with Crippen LogP contribution in [0, 0.1) is 0 Å². The minimum atomic E-state index is -1.46. The number of nitrogens with zero attached hydrogens (tertiary/aromatic N) is 1. The van der Waals surface area contributed by atoms with Gasteiger partial charge in [-0.2, -0.15) is 5.10 Å². The lowest BCUT2D eigenvalue weighted by atomic mass is 10.1. The summed E-state index contributed by atoms with van der Waals surface area (Å²) in [4.78, 5) is 23.4. The van der Waals surface area contributed by atoms with Crippen molar-refractivity contribution in [3.63, 3.8) is 0 Å². The van der Waals surface area contributed by atoms with E-state index in [1.54, 1.807) is 31.4 Å². The van der Waals surface area contributed by atoms with Crippen molar-refractivity contribution in [3.05, 3.63) is 47.5 Å². The molecule has 0 radical (unpaired) electrons. The third-order valence-corrected chi connectivity index (χ3v) is 3.70. The number of carbonyl (C=O) groups is 2. The van der Waals surface area contributed by atoms with E-state index in [0.717, 1.165) is 0 Å². The van der Waals surface area contributed by atoms with Crippen molar-refractivity contribution in [2.24, 2.45) is 5.10 Å². The Bertz CT molecular complexity index is 882. The van der Waals surface area contributed by atoms with Crippen LogP contribution in [0.4, 0.5) is 5.69 Å². The van der Waals surface area contributed by atoms with E-state index in [4.69, 9.17) is 14.2 Å². The molecule has 2 N–H and O–H groups in total. The van der Waals surface area contributed by atoms with Gasteiger partial charge in [-0.05, 0) is 24.3 Å². The summed E-state index contributed by atoms with van der Waals surface area (Å²) in [6.45, 7) is -0.0379. The maximum absolute atomic E-state index is 11.9. The molecule has 2 aromatic carbocycles. The van der Waals surface area contributed by atoms with E-state index in [1.807, 2.05) is 0 Å². The second kappa shape index (κ2) is 9.81. The first-order chi connectivity index (χ1) is 13.5. The maximum atomic E-state index is 11.9. The van der Waals surface area contributed by atoms with Crippen LogP contribution in [0.5, 0.6) is 17.2 Å². The SMILES string of the molecule is COc1cccc(NCC(=O)N/N=C\c2ccc(OC)c(OC)c2C(=O)[O-])c1. The van der Waals surface area contributed by atoms with E-state index in [9.17, 15) is 14.7 Å². The van der Waals surface area contributed by atoms with Crippen LogP contribution in [0.15, 0.2) is 41.5 Å². The third-order valence-electron chi connectivity index (χ3n) is 3.70. The second-order valence-corrected chi connectivity index (χ2v) is 5.43.